The average Bonchev–Trinajstić information content (AvgIpc) is 2.45. The van der Waals surface area contributed by atoms with Crippen LogP contribution in [0.5, 0.6) is 5.75 Å². The summed E-state index contributed by atoms with van der Waals surface area (Å²) in [6, 6.07) is 10.4. The predicted octanol–water partition coefficient (Wildman–Crippen LogP) is 3.75. The molecular formula is C15H13ClF3NO3. The number of carbonyl (C=O) groups is 1. The van der Waals surface area contributed by atoms with Crippen molar-refractivity contribution in [3.05, 3.63) is 65.2 Å². The molecule has 0 saturated carbocycles. The molecule has 1 atom stereocenters. The molecule has 2 aromatic rings. The normalized spacial score (nSPS) is 12.2. The number of hydrogen-bond acceptors (Lipinski definition) is 3. The summed E-state index contributed by atoms with van der Waals surface area (Å²) < 4.78 is 40.1. The molecule has 124 valence electrons. The zero-order valence-corrected chi connectivity index (χ0v) is 12.4. The molecule has 0 radical (unpaired) electrons. The second-order valence-electron chi connectivity index (χ2n) is 4.49. The lowest BCUT2D eigenvalue weighted by Crippen LogP contribution is -2.18. The number of hydrogen-bond donors (Lipinski definition) is 2. The Kier molecular flexibility index (Phi) is 6.00. The van der Waals surface area contributed by atoms with Crippen LogP contribution in [-0.2, 0) is 0 Å². The Morgan fingerprint density at radius 2 is 1.65 bits per heavy atom. The number of rotatable bonds is 4. The van der Waals surface area contributed by atoms with Gasteiger partial charge in [0.1, 0.15) is 5.75 Å². The lowest BCUT2D eigenvalue weighted by Gasteiger charge is -2.16. The van der Waals surface area contributed by atoms with Gasteiger partial charge in [0.25, 0.3) is 0 Å². The molecule has 3 N–H and O–H groups in total. The molecule has 0 amide bonds. The highest BCUT2D eigenvalue weighted by atomic mass is 35.5. The van der Waals surface area contributed by atoms with E-state index in [-0.39, 0.29) is 23.7 Å². The minimum Gasteiger partial charge on any atom is -0.478 e. The third-order valence-electron chi connectivity index (χ3n) is 3.00. The van der Waals surface area contributed by atoms with Crippen molar-refractivity contribution < 1.29 is 27.8 Å². The van der Waals surface area contributed by atoms with Gasteiger partial charge in [-0.05, 0) is 29.3 Å². The lowest BCUT2D eigenvalue weighted by molar-refractivity contribution is -0.274. The predicted molar refractivity (Wildman–Crippen MR) is 79.8 cm³/mol. The van der Waals surface area contributed by atoms with Crippen molar-refractivity contribution in [2.75, 3.05) is 0 Å². The van der Waals surface area contributed by atoms with Crippen LogP contribution in [0.25, 0.3) is 0 Å². The molecule has 0 aliphatic heterocycles. The molecule has 0 unspecified atom stereocenters. The fourth-order valence-electron chi connectivity index (χ4n) is 2.02. The largest absolute Gasteiger partial charge is 0.573 e. The highest BCUT2D eigenvalue weighted by molar-refractivity contribution is 5.89. The van der Waals surface area contributed by atoms with Crippen molar-refractivity contribution in [2.24, 2.45) is 5.73 Å². The van der Waals surface area contributed by atoms with Gasteiger partial charge in [0.05, 0.1) is 11.6 Å². The smallest absolute Gasteiger partial charge is 0.478 e. The van der Waals surface area contributed by atoms with Crippen molar-refractivity contribution in [3.8, 4) is 5.75 Å². The first-order valence-electron chi connectivity index (χ1n) is 6.21. The van der Waals surface area contributed by atoms with Crippen molar-refractivity contribution in [2.45, 2.75) is 12.4 Å². The van der Waals surface area contributed by atoms with E-state index in [1.54, 1.807) is 18.2 Å². The van der Waals surface area contributed by atoms with Crippen LogP contribution in [0.3, 0.4) is 0 Å². The summed E-state index contributed by atoms with van der Waals surface area (Å²) in [5.74, 6) is -1.49. The summed E-state index contributed by atoms with van der Waals surface area (Å²) in [6.07, 6.45) is -4.76. The fraction of sp³-hybridized carbons (Fsp3) is 0.133. The first kappa shape index (κ1) is 18.8. The van der Waals surface area contributed by atoms with Crippen LogP contribution in [-0.4, -0.2) is 17.4 Å². The minimum atomic E-state index is -4.76. The zero-order valence-electron chi connectivity index (χ0n) is 11.6. The molecule has 8 heteroatoms. The maximum Gasteiger partial charge on any atom is 0.573 e. The maximum atomic E-state index is 12.1. The summed E-state index contributed by atoms with van der Waals surface area (Å²) in [5, 5.41) is 9.13. The molecule has 2 rings (SSSR count). The van der Waals surface area contributed by atoms with E-state index in [9.17, 15) is 18.0 Å². The molecule has 0 heterocycles. The van der Waals surface area contributed by atoms with Crippen LogP contribution in [0.4, 0.5) is 13.2 Å². The van der Waals surface area contributed by atoms with E-state index in [1.165, 1.54) is 18.2 Å². The first-order valence-corrected chi connectivity index (χ1v) is 6.21. The van der Waals surface area contributed by atoms with Crippen LogP contribution in [0, 0.1) is 0 Å². The van der Waals surface area contributed by atoms with Gasteiger partial charge in [0.15, 0.2) is 0 Å². The molecule has 23 heavy (non-hydrogen) atoms. The summed E-state index contributed by atoms with van der Waals surface area (Å²) in [5.41, 5.74) is 6.90. The minimum absolute atomic E-state index is 0. The molecule has 0 aromatic heterocycles. The highest BCUT2D eigenvalue weighted by Crippen LogP contribution is 2.27. The summed E-state index contributed by atoms with van der Waals surface area (Å²) in [4.78, 5) is 11.2. The van der Waals surface area contributed by atoms with Crippen LogP contribution in [0.1, 0.15) is 27.5 Å². The molecule has 0 bridgehead atoms. The van der Waals surface area contributed by atoms with E-state index in [0.717, 1.165) is 12.1 Å². The third-order valence-corrected chi connectivity index (χ3v) is 3.00. The van der Waals surface area contributed by atoms with Gasteiger partial charge in [-0.15, -0.1) is 25.6 Å². The number of alkyl halides is 3. The quantitative estimate of drug-likeness (QED) is 0.883. The Balaban J connectivity index is 0.00000264. The molecule has 0 fully saturated rings. The van der Waals surface area contributed by atoms with Gasteiger partial charge < -0.3 is 15.6 Å². The molecule has 0 saturated heterocycles. The average molecular weight is 348 g/mol. The first-order chi connectivity index (χ1) is 10.3. The Labute approximate surface area is 136 Å². The topological polar surface area (TPSA) is 72.5 Å². The monoisotopic (exact) mass is 347 g/mol. The number of aromatic carboxylic acids is 1. The van der Waals surface area contributed by atoms with Gasteiger partial charge in [0, 0.05) is 0 Å². The Morgan fingerprint density at radius 1 is 1.09 bits per heavy atom. The van der Waals surface area contributed by atoms with E-state index >= 15 is 0 Å². The van der Waals surface area contributed by atoms with Gasteiger partial charge in [-0.3, -0.25) is 0 Å². The van der Waals surface area contributed by atoms with Gasteiger partial charge in [0.2, 0.25) is 0 Å². The summed E-state index contributed by atoms with van der Waals surface area (Å²) in [6.45, 7) is 0. The van der Waals surface area contributed by atoms with Crippen molar-refractivity contribution in [1.82, 2.24) is 0 Å². The van der Waals surface area contributed by atoms with Gasteiger partial charge in [-0.1, -0.05) is 30.3 Å². The van der Waals surface area contributed by atoms with Gasteiger partial charge in [-0.25, -0.2) is 4.79 Å². The van der Waals surface area contributed by atoms with E-state index in [1.807, 2.05) is 0 Å². The third kappa shape index (κ3) is 4.87. The van der Waals surface area contributed by atoms with E-state index in [0.29, 0.717) is 11.1 Å². The van der Waals surface area contributed by atoms with Crippen LogP contribution < -0.4 is 10.5 Å². The number of nitrogens with two attached hydrogens (primary N) is 1. The number of carboxylic acids is 1. The Bertz CT molecular complexity index is 674. The second-order valence-corrected chi connectivity index (χ2v) is 4.49. The highest BCUT2D eigenvalue weighted by Gasteiger charge is 2.31. The number of ether oxygens (including phenoxy) is 1. The summed E-state index contributed by atoms with van der Waals surface area (Å²) in [7, 11) is 0. The standard InChI is InChI=1S/C15H12F3NO3.ClH/c16-15(17,18)22-10-7-5-9(6-8-10)13(19)11-3-1-2-4-12(11)14(20)21;/h1-8,13H,19H2,(H,20,21);1H/t13-;/m1./s1. The molecule has 0 aliphatic rings. The van der Waals surface area contributed by atoms with E-state index < -0.39 is 18.4 Å². The Morgan fingerprint density at radius 3 is 2.17 bits per heavy atom. The van der Waals surface area contributed by atoms with Gasteiger partial charge >= 0.3 is 12.3 Å². The van der Waals surface area contributed by atoms with Crippen LogP contribution >= 0.6 is 12.4 Å². The summed E-state index contributed by atoms with van der Waals surface area (Å²) >= 11 is 0. The van der Waals surface area contributed by atoms with Gasteiger partial charge in [-0.2, -0.15) is 0 Å². The molecule has 4 nitrogen and oxygen atoms in total. The Hall–Kier alpha value is -2.25. The fourth-order valence-corrected chi connectivity index (χ4v) is 2.02. The number of carboxylic acid groups (broad SMARTS) is 1. The van der Waals surface area contributed by atoms with Crippen LogP contribution in [0.2, 0.25) is 0 Å². The van der Waals surface area contributed by atoms with Crippen molar-refractivity contribution >= 4 is 18.4 Å². The zero-order chi connectivity index (χ0) is 16.3. The molecule has 0 aliphatic carbocycles. The molecular weight excluding hydrogens is 335 g/mol. The second kappa shape index (κ2) is 7.34. The SMILES string of the molecule is Cl.N[C@H](c1ccc(OC(F)(F)F)cc1)c1ccccc1C(=O)O. The van der Waals surface area contributed by atoms with Crippen molar-refractivity contribution in [1.29, 1.82) is 0 Å². The van der Waals surface area contributed by atoms with E-state index in [4.69, 9.17) is 10.8 Å². The number of halogens is 4. The molecule has 0 spiro atoms. The maximum absolute atomic E-state index is 12.1. The number of benzene rings is 2. The van der Waals surface area contributed by atoms with E-state index in [2.05, 4.69) is 4.74 Å². The molecule has 2 aromatic carbocycles. The lowest BCUT2D eigenvalue weighted by atomic mass is 9.95. The van der Waals surface area contributed by atoms with Crippen LogP contribution in [0.15, 0.2) is 48.5 Å². The van der Waals surface area contributed by atoms with Crippen molar-refractivity contribution in [3.63, 3.8) is 0 Å².